The lowest BCUT2D eigenvalue weighted by Gasteiger charge is -2.19. The van der Waals surface area contributed by atoms with E-state index in [2.05, 4.69) is 21.2 Å². The predicted molar refractivity (Wildman–Crippen MR) is 76.1 cm³/mol. The van der Waals surface area contributed by atoms with Gasteiger partial charge in [-0.3, -0.25) is 4.79 Å². The minimum Gasteiger partial charge on any atom is -0.309 e. The first-order valence-corrected chi connectivity index (χ1v) is 7.35. The summed E-state index contributed by atoms with van der Waals surface area (Å²) in [4.78, 5) is 14.1. The van der Waals surface area contributed by atoms with Gasteiger partial charge >= 0.3 is 0 Å². The van der Waals surface area contributed by atoms with Gasteiger partial charge in [-0.15, -0.1) is 0 Å². The molecule has 1 aliphatic carbocycles. The van der Waals surface area contributed by atoms with Gasteiger partial charge in [-0.1, -0.05) is 27.5 Å². The molecule has 1 aromatic carbocycles. The number of benzene rings is 1. The molecule has 3 rings (SSSR count). The van der Waals surface area contributed by atoms with E-state index < -0.39 is 0 Å². The fourth-order valence-electron chi connectivity index (χ4n) is 2.30. The summed E-state index contributed by atoms with van der Waals surface area (Å²) in [7, 11) is 0. The maximum atomic E-state index is 12.3. The number of nitrogens with one attached hydrogen (secondary N) is 1. The Morgan fingerprint density at radius 1 is 1.33 bits per heavy atom. The second-order valence-corrected chi connectivity index (χ2v) is 6.19. The van der Waals surface area contributed by atoms with Crippen LogP contribution in [0.5, 0.6) is 0 Å². The van der Waals surface area contributed by atoms with Gasteiger partial charge in [0.25, 0.3) is 0 Å². The summed E-state index contributed by atoms with van der Waals surface area (Å²) in [6.45, 7) is 0.736. The normalized spacial score (nSPS) is 23.8. The van der Waals surface area contributed by atoms with Crippen molar-refractivity contribution in [1.82, 2.24) is 5.32 Å². The monoisotopic (exact) mass is 328 g/mol. The summed E-state index contributed by atoms with van der Waals surface area (Å²) in [5, 5.41) is 4.01. The molecule has 0 aromatic heterocycles. The van der Waals surface area contributed by atoms with Crippen molar-refractivity contribution in [3.63, 3.8) is 0 Å². The summed E-state index contributed by atoms with van der Waals surface area (Å²) >= 11 is 9.59. The molecule has 0 spiro atoms. The molecule has 5 heteroatoms. The average molecular weight is 330 g/mol. The highest BCUT2D eigenvalue weighted by molar-refractivity contribution is 9.10. The van der Waals surface area contributed by atoms with Crippen LogP contribution in [0.1, 0.15) is 19.3 Å². The first-order valence-electron chi connectivity index (χ1n) is 6.17. The Labute approximate surface area is 120 Å². The lowest BCUT2D eigenvalue weighted by molar-refractivity contribution is -0.118. The van der Waals surface area contributed by atoms with E-state index in [9.17, 15) is 4.79 Å². The molecule has 96 valence electrons. The fourth-order valence-corrected chi connectivity index (χ4v) is 2.87. The van der Waals surface area contributed by atoms with Crippen molar-refractivity contribution in [1.29, 1.82) is 0 Å². The van der Waals surface area contributed by atoms with Crippen LogP contribution in [-0.2, 0) is 4.79 Å². The Kier molecular flexibility index (Phi) is 3.34. The van der Waals surface area contributed by atoms with Gasteiger partial charge in [0.05, 0.1) is 16.8 Å². The van der Waals surface area contributed by atoms with E-state index in [0.29, 0.717) is 11.1 Å². The van der Waals surface area contributed by atoms with Crippen LogP contribution in [0.2, 0.25) is 5.02 Å². The highest BCUT2D eigenvalue weighted by Crippen LogP contribution is 2.32. The van der Waals surface area contributed by atoms with Crippen LogP contribution < -0.4 is 10.2 Å². The van der Waals surface area contributed by atoms with Crippen LogP contribution in [-0.4, -0.2) is 24.5 Å². The van der Waals surface area contributed by atoms with Crippen LogP contribution >= 0.6 is 27.5 Å². The number of carbonyl (C=O) groups is 1. The number of carbonyl (C=O) groups excluding carboxylic acids is 1. The lowest BCUT2D eigenvalue weighted by Crippen LogP contribution is -2.39. The van der Waals surface area contributed by atoms with Crippen LogP contribution in [0.25, 0.3) is 0 Å². The Bertz CT molecular complexity index is 490. The van der Waals surface area contributed by atoms with Gasteiger partial charge in [0.1, 0.15) is 0 Å². The highest BCUT2D eigenvalue weighted by Gasteiger charge is 2.36. The Hall–Kier alpha value is -0.580. The van der Waals surface area contributed by atoms with Crippen molar-refractivity contribution in [3.8, 4) is 0 Å². The van der Waals surface area contributed by atoms with Gasteiger partial charge in [0.15, 0.2) is 0 Å². The molecule has 2 aliphatic rings. The quantitative estimate of drug-likeness (QED) is 0.924. The molecule has 0 bridgehead atoms. The van der Waals surface area contributed by atoms with Gasteiger partial charge in [-0.25, -0.2) is 0 Å². The van der Waals surface area contributed by atoms with Gasteiger partial charge in [-0.2, -0.15) is 0 Å². The molecular formula is C13H14BrClN2O. The molecule has 1 saturated heterocycles. The zero-order valence-electron chi connectivity index (χ0n) is 9.83. The number of halogens is 2. The van der Waals surface area contributed by atoms with Crippen molar-refractivity contribution in [2.75, 3.05) is 11.4 Å². The minimum absolute atomic E-state index is 0.0347. The van der Waals surface area contributed by atoms with Gasteiger partial charge in [-0.05, 0) is 37.5 Å². The second kappa shape index (κ2) is 4.83. The molecule has 1 unspecified atom stereocenters. The zero-order chi connectivity index (χ0) is 12.7. The molecule has 1 amide bonds. The number of hydrogen-bond donors (Lipinski definition) is 1. The van der Waals surface area contributed by atoms with E-state index in [1.807, 2.05) is 18.2 Å². The van der Waals surface area contributed by atoms with E-state index in [-0.39, 0.29) is 11.9 Å². The molecule has 1 heterocycles. The Morgan fingerprint density at radius 2 is 2.11 bits per heavy atom. The molecule has 1 aliphatic heterocycles. The average Bonchev–Trinajstić information content (AvgIpc) is 3.09. The number of amides is 1. The van der Waals surface area contributed by atoms with Crippen molar-refractivity contribution in [2.24, 2.45) is 0 Å². The van der Waals surface area contributed by atoms with Crippen molar-refractivity contribution in [2.45, 2.75) is 31.3 Å². The highest BCUT2D eigenvalue weighted by atomic mass is 79.9. The Balaban J connectivity index is 1.80. The fraction of sp³-hybridized carbons (Fsp3) is 0.462. The molecule has 18 heavy (non-hydrogen) atoms. The van der Waals surface area contributed by atoms with Crippen molar-refractivity contribution in [3.05, 3.63) is 27.7 Å². The van der Waals surface area contributed by atoms with E-state index in [1.54, 1.807) is 4.90 Å². The lowest BCUT2D eigenvalue weighted by atomic mass is 10.2. The summed E-state index contributed by atoms with van der Waals surface area (Å²) in [6, 6.07) is 6.12. The minimum atomic E-state index is -0.0347. The second-order valence-electron chi connectivity index (χ2n) is 4.87. The SMILES string of the molecule is O=C1C(NC2CC2)CCN1c1cc(Br)ccc1Cl. The third kappa shape index (κ3) is 2.42. The number of nitrogens with zero attached hydrogens (tertiary/aromatic N) is 1. The van der Waals surface area contributed by atoms with Gasteiger partial charge in [0, 0.05) is 17.1 Å². The van der Waals surface area contributed by atoms with Crippen LogP contribution in [0.4, 0.5) is 5.69 Å². The third-order valence-corrected chi connectivity index (χ3v) is 4.23. The molecule has 0 radical (unpaired) electrons. The van der Waals surface area contributed by atoms with E-state index in [0.717, 1.165) is 23.1 Å². The summed E-state index contributed by atoms with van der Waals surface area (Å²) in [6.07, 6.45) is 3.25. The van der Waals surface area contributed by atoms with Gasteiger partial charge in [0.2, 0.25) is 5.91 Å². The van der Waals surface area contributed by atoms with E-state index >= 15 is 0 Å². The van der Waals surface area contributed by atoms with E-state index in [1.165, 1.54) is 12.8 Å². The maximum Gasteiger partial charge on any atom is 0.244 e. The molecular weight excluding hydrogens is 316 g/mol. The predicted octanol–water partition coefficient (Wildman–Crippen LogP) is 2.96. The molecule has 1 aromatic rings. The first-order chi connectivity index (χ1) is 8.65. The molecule has 2 fully saturated rings. The molecule has 1 atom stereocenters. The molecule has 3 nitrogen and oxygen atoms in total. The van der Waals surface area contributed by atoms with Crippen LogP contribution in [0, 0.1) is 0 Å². The van der Waals surface area contributed by atoms with Crippen LogP contribution in [0.15, 0.2) is 22.7 Å². The van der Waals surface area contributed by atoms with Crippen molar-refractivity contribution >= 4 is 39.1 Å². The number of hydrogen-bond acceptors (Lipinski definition) is 2. The largest absolute Gasteiger partial charge is 0.309 e. The Morgan fingerprint density at radius 3 is 2.83 bits per heavy atom. The maximum absolute atomic E-state index is 12.3. The number of rotatable bonds is 3. The third-order valence-electron chi connectivity index (χ3n) is 3.42. The number of anilines is 1. The summed E-state index contributed by atoms with van der Waals surface area (Å²) in [5.74, 6) is 0.141. The van der Waals surface area contributed by atoms with Gasteiger partial charge < -0.3 is 10.2 Å². The summed E-state index contributed by atoms with van der Waals surface area (Å²) < 4.78 is 0.938. The smallest absolute Gasteiger partial charge is 0.244 e. The molecule has 1 N–H and O–H groups in total. The first kappa shape index (κ1) is 12.5. The zero-order valence-corrected chi connectivity index (χ0v) is 12.2. The molecule has 1 saturated carbocycles. The van der Waals surface area contributed by atoms with Crippen molar-refractivity contribution < 1.29 is 4.79 Å². The van der Waals surface area contributed by atoms with Crippen LogP contribution in [0.3, 0.4) is 0 Å². The summed E-state index contributed by atoms with van der Waals surface area (Å²) in [5.41, 5.74) is 0.802. The van der Waals surface area contributed by atoms with E-state index in [4.69, 9.17) is 11.6 Å². The topological polar surface area (TPSA) is 32.3 Å². The standard InChI is InChI=1S/C13H14BrClN2O/c14-8-1-4-10(15)12(7-8)17-6-5-11(13(17)18)16-9-2-3-9/h1,4,7,9,11,16H,2-3,5-6H2.